The lowest BCUT2D eigenvalue weighted by Crippen LogP contribution is -2.42. The van der Waals surface area contributed by atoms with E-state index in [-0.39, 0.29) is 24.5 Å². The zero-order chi connectivity index (χ0) is 24.2. The zero-order valence-corrected chi connectivity index (χ0v) is 21.2. The maximum Gasteiger partial charge on any atom is 0.270 e. The van der Waals surface area contributed by atoms with E-state index in [1.165, 1.54) is 5.30 Å². The molecule has 0 atom stereocenters. The lowest BCUT2D eigenvalue weighted by atomic mass is 9.80. The fraction of sp³-hybridized carbons (Fsp3) is 0.370. The van der Waals surface area contributed by atoms with Crippen LogP contribution in [0.2, 0.25) is 0 Å². The number of piperidine rings is 1. The number of nitrogens with zero attached hydrogens (tertiary/aromatic N) is 4. The molecule has 2 aromatic carbocycles. The molecule has 0 aliphatic carbocycles. The molecule has 4 aromatic rings. The minimum atomic E-state index is -0.298. The van der Waals surface area contributed by atoms with Crippen LogP contribution in [0.3, 0.4) is 0 Å². The largest absolute Gasteiger partial charge is 0.440 e. The molecule has 1 aliphatic rings. The van der Waals surface area contributed by atoms with E-state index in [1.54, 1.807) is 11.6 Å². The fourth-order valence-electron chi connectivity index (χ4n) is 4.96. The monoisotopic (exact) mass is 472 g/mol. The van der Waals surface area contributed by atoms with Crippen molar-refractivity contribution >= 4 is 40.9 Å². The van der Waals surface area contributed by atoms with E-state index < -0.39 is 0 Å². The van der Waals surface area contributed by atoms with E-state index in [0.717, 1.165) is 65.1 Å². The molecular formula is C27H29N4O2P. The standard InChI is InChI=1S/C27H29N4O2P/c1-17-6-9-23-21(14-17)29-26(33-23)27(2)10-12-31(13-11-27)24-19-15-18(34(4)5)7-8-22(19)30(3)25(32)20(24)16-28/h6-9,14-15H,10-13H2,1-5H3. The Morgan fingerprint density at radius 1 is 1.15 bits per heavy atom. The van der Waals surface area contributed by atoms with E-state index in [0.29, 0.717) is 0 Å². The smallest absolute Gasteiger partial charge is 0.270 e. The van der Waals surface area contributed by atoms with Gasteiger partial charge in [-0.15, -0.1) is 0 Å². The molecule has 0 unspecified atom stereocenters. The van der Waals surface area contributed by atoms with Crippen molar-refractivity contribution in [2.24, 2.45) is 7.05 Å². The summed E-state index contributed by atoms with van der Waals surface area (Å²) in [4.78, 5) is 20.1. The fourth-order valence-corrected chi connectivity index (χ4v) is 5.72. The van der Waals surface area contributed by atoms with Crippen molar-refractivity contribution < 1.29 is 4.42 Å². The molecule has 5 rings (SSSR count). The molecule has 7 heteroatoms. The lowest BCUT2D eigenvalue weighted by molar-refractivity contribution is 0.292. The third kappa shape index (κ3) is 3.60. The van der Waals surface area contributed by atoms with E-state index in [2.05, 4.69) is 56.3 Å². The number of rotatable bonds is 3. The number of oxazole rings is 1. The number of benzene rings is 2. The Balaban J connectivity index is 1.55. The summed E-state index contributed by atoms with van der Waals surface area (Å²) in [7, 11) is 1.45. The van der Waals surface area contributed by atoms with Gasteiger partial charge in [0.25, 0.3) is 5.56 Å². The van der Waals surface area contributed by atoms with Gasteiger partial charge in [0.15, 0.2) is 5.58 Å². The predicted octanol–water partition coefficient (Wildman–Crippen LogP) is 4.78. The number of pyridine rings is 1. The zero-order valence-electron chi connectivity index (χ0n) is 20.3. The number of aromatic nitrogens is 2. The minimum absolute atomic E-state index is 0.196. The molecule has 0 radical (unpaired) electrons. The van der Waals surface area contributed by atoms with Crippen molar-refractivity contribution in [3.8, 4) is 6.07 Å². The highest BCUT2D eigenvalue weighted by Crippen LogP contribution is 2.40. The minimum Gasteiger partial charge on any atom is -0.440 e. The first-order chi connectivity index (χ1) is 16.2. The number of fused-ring (bicyclic) bond motifs is 2. The van der Waals surface area contributed by atoms with Crippen LogP contribution in [-0.4, -0.2) is 36.0 Å². The van der Waals surface area contributed by atoms with Gasteiger partial charge >= 0.3 is 0 Å². The van der Waals surface area contributed by atoms with Crippen molar-refractivity contribution in [3.05, 3.63) is 63.8 Å². The van der Waals surface area contributed by atoms with Crippen LogP contribution < -0.4 is 15.8 Å². The molecule has 0 bridgehead atoms. The molecule has 3 heterocycles. The van der Waals surface area contributed by atoms with Crippen LogP contribution >= 0.6 is 7.92 Å². The molecule has 0 spiro atoms. The van der Waals surface area contributed by atoms with Crippen molar-refractivity contribution in [1.82, 2.24) is 9.55 Å². The summed E-state index contributed by atoms with van der Waals surface area (Å²) in [6.07, 6.45) is 1.66. The molecule has 34 heavy (non-hydrogen) atoms. The second-order valence-corrected chi connectivity index (χ2v) is 12.1. The summed E-state index contributed by atoms with van der Waals surface area (Å²) in [5.41, 5.74) is 4.30. The number of anilines is 1. The van der Waals surface area contributed by atoms with Gasteiger partial charge in [-0.1, -0.05) is 27.0 Å². The summed E-state index contributed by atoms with van der Waals surface area (Å²) >= 11 is 0. The quantitative estimate of drug-likeness (QED) is 0.401. The summed E-state index contributed by atoms with van der Waals surface area (Å²) in [6.45, 7) is 10.1. The van der Waals surface area contributed by atoms with Crippen molar-refractivity contribution in [1.29, 1.82) is 5.26 Å². The van der Waals surface area contributed by atoms with Gasteiger partial charge < -0.3 is 13.9 Å². The van der Waals surface area contributed by atoms with Crippen LogP contribution in [0.15, 0.2) is 45.6 Å². The first-order valence-corrected chi connectivity index (χ1v) is 13.8. The lowest BCUT2D eigenvalue weighted by Gasteiger charge is -2.39. The van der Waals surface area contributed by atoms with Crippen molar-refractivity contribution in [2.45, 2.75) is 32.1 Å². The molecule has 1 fully saturated rings. The number of hydrogen-bond acceptors (Lipinski definition) is 5. The van der Waals surface area contributed by atoms with Crippen LogP contribution in [0.1, 0.15) is 36.8 Å². The number of hydrogen-bond donors (Lipinski definition) is 0. The van der Waals surface area contributed by atoms with Gasteiger partial charge in [0.05, 0.1) is 11.2 Å². The van der Waals surface area contributed by atoms with E-state index in [9.17, 15) is 10.1 Å². The Labute approximate surface area is 200 Å². The maximum absolute atomic E-state index is 13.1. The predicted molar refractivity (Wildman–Crippen MR) is 140 cm³/mol. The van der Waals surface area contributed by atoms with E-state index in [4.69, 9.17) is 9.40 Å². The highest BCUT2D eigenvalue weighted by molar-refractivity contribution is 7.64. The van der Waals surface area contributed by atoms with Crippen molar-refractivity contribution in [3.63, 3.8) is 0 Å². The average molecular weight is 473 g/mol. The molecular weight excluding hydrogens is 443 g/mol. The molecule has 0 N–H and O–H groups in total. The highest BCUT2D eigenvalue weighted by atomic mass is 31.1. The molecule has 6 nitrogen and oxygen atoms in total. The second-order valence-electron chi connectivity index (χ2n) is 9.83. The second kappa shape index (κ2) is 8.25. The van der Waals surface area contributed by atoms with E-state index in [1.807, 2.05) is 18.2 Å². The van der Waals surface area contributed by atoms with Crippen LogP contribution in [-0.2, 0) is 12.5 Å². The third-order valence-corrected chi connectivity index (χ3v) is 8.53. The first-order valence-electron chi connectivity index (χ1n) is 11.6. The Kier molecular flexibility index (Phi) is 5.49. The normalized spacial score (nSPS) is 15.9. The SMILES string of the molecule is Cc1ccc2oc(C3(C)CCN(c4c(C#N)c(=O)n(C)c5ccc(P(C)C)cc45)CC3)nc2c1. The van der Waals surface area contributed by atoms with Gasteiger partial charge in [0, 0.05) is 30.9 Å². The van der Waals surface area contributed by atoms with Crippen LogP contribution in [0, 0.1) is 18.3 Å². The van der Waals surface area contributed by atoms with E-state index >= 15 is 0 Å². The van der Waals surface area contributed by atoms with Gasteiger partial charge in [-0.2, -0.15) is 5.26 Å². The molecule has 0 amide bonds. The van der Waals surface area contributed by atoms with Gasteiger partial charge in [-0.25, -0.2) is 4.98 Å². The molecule has 0 saturated carbocycles. The number of aryl methyl sites for hydroxylation is 2. The third-order valence-electron chi connectivity index (χ3n) is 7.22. The summed E-state index contributed by atoms with van der Waals surface area (Å²) < 4.78 is 7.77. The van der Waals surface area contributed by atoms with Crippen molar-refractivity contribution in [2.75, 3.05) is 31.3 Å². The van der Waals surface area contributed by atoms with Crippen LogP contribution in [0.25, 0.3) is 22.0 Å². The average Bonchev–Trinajstić information content (AvgIpc) is 3.26. The van der Waals surface area contributed by atoms with Gasteiger partial charge in [0.2, 0.25) is 5.89 Å². The first kappa shape index (κ1) is 22.6. The summed E-state index contributed by atoms with van der Waals surface area (Å²) in [5.74, 6) is 0.770. The van der Waals surface area contributed by atoms with Gasteiger partial charge in [0.1, 0.15) is 17.1 Å². The Morgan fingerprint density at radius 3 is 2.56 bits per heavy atom. The molecule has 2 aromatic heterocycles. The molecule has 174 valence electrons. The Hall–Kier alpha value is -3.16. The van der Waals surface area contributed by atoms with Gasteiger partial charge in [-0.3, -0.25) is 4.79 Å². The highest BCUT2D eigenvalue weighted by Gasteiger charge is 2.37. The summed E-state index contributed by atoms with van der Waals surface area (Å²) in [5, 5.41) is 12.2. The molecule has 1 saturated heterocycles. The topological polar surface area (TPSA) is 75.1 Å². The van der Waals surface area contributed by atoms with Gasteiger partial charge in [-0.05, 0) is 68.2 Å². The Bertz CT molecular complexity index is 1520. The molecule has 1 aliphatic heterocycles. The van der Waals surface area contributed by atoms with Crippen LogP contribution in [0.4, 0.5) is 5.69 Å². The van der Waals surface area contributed by atoms with Crippen LogP contribution in [0.5, 0.6) is 0 Å². The Morgan fingerprint density at radius 2 is 1.88 bits per heavy atom. The summed E-state index contributed by atoms with van der Waals surface area (Å²) in [6, 6.07) is 14.6. The number of nitriles is 1. The maximum atomic E-state index is 13.1.